The van der Waals surface area contributed by atoms with Crippen LogP contribution >= 0.6 is 0 Å². The summed E-state index contributed by atoms with van der Waals surface area (Å²) in [5.41, 5.74) is 0.477. The van der Waals surface area contributed by atoms with Crippen LogP contribution in [-0.4, -0.2) is 26.8 Å². The van der Waals surface area contributed by atoms with Gasteiger partial charge in [-0.25, -0.2) is 0 Å². The van der Waals surface area contributed by atoms with Crippen molar-refractivity contribution in [1.29, 1.82) is 0 Å². The molecule has 1 N–H and O–H groups in total. The van der Waals surface area contributed by atoms with Crippen LogP contribution in [0.2, 0.25) is 0 Å². The van der Waals surface area contributed by atoms with Crippen LogP contribution in [0.15, 0.2) is 0 Å². The van der Waals surface area contributed by atoms with Crippen LogP contribution in [0.5, 0.6) is 0 Å². The lowest BCUT2D eigenvalue weighted by atomic mass is 9.81. The first kappa shape index (κ1) is 10.0. The summed E-state index contributed by atoms with van der Waals surface area (Å²) in [6.07, 6.45) is 5.47. The van der Waals surface area contributed by atoms with Crippen LogP contribution in [0.1, 0.15) is 32.6 Å². The van der Waals surface area contributed by atoms with E-state index in [0.29, 0.717) is 11.5 Å². The summed E-state index contributed by atoms with van der Waals surface area (Å²) in [6, 6.07) is 0.532. The molecule has 1 aliphatic carbocycles. The molecule has 0 saturated heterocycles. The van der Waals surface area contributed by atoms with Gasteiger partial charge in [0.05, 0.1) is 6.61 Å². The summed E-state index contributed by atoms with van der Waals surface area (Å²) in [6.45, 7) is 3.22. The second kappa shape index (κ2) is 4.24. The summed E-state index contributed by atoms with van der Waals surface area (Å²) in [5, 5.41) is 3.36. The van der Waals surface area contributed by atoms with E-state index >= 15 is 0 Å². The molecule has 0 amide bonds. The van der Waals surface area contributed by atoms with Crippen molar-refractivity contribution in [3.05, 3.63) is 0 Å². The fourth-order valence-corrected chi connectivity index (χ4v) is 2.33. The van der Waals surface area contributed by atoms with Crippen LogP contribution in [0.25, 0.3) is 0 Å². The van der Waals surface area contributed by atoms with Gasteiger partial charge in [-0.05, 0) is 25.3 Å². The monoisotopic (exact) mass is 171 g/mol. The highest BCUT2D eigenvalue weighted by molar-refractivity contribution is 4.90. The zero-order chi connectivity index (χ0) is 9.03. The molecule has 1 unspecified atom stereocenters. The maximum atomic E-state index is 5.21. The molecule has 0 aliphatic heterocycles. The lowest BCUT2D eigenvalue weighted by Crippen LogP contribution is -2.43. The minimum atomic E-state index is 0.477. The molecule has 0 heterocycles. The number of ether oxygens (including phenoxy) is 1. The second-order valence-electron chi connectivity index (χ2n) is 4.16. The van der Waals surface area contributed by atoms with Gasteiger partial charge in [-0.2, -0.15) is 0 Å². The zero-order valence-electron chi connectivity index (χ0n) is 8.52. The standard InChI is InChI=1S/C10H21NO/c1-10(6-4-5-7-10)9(11-2)8-12-3/h9,11H,4-8H2,1-3H3. The normalized spacial score (nSPS) is 24.2. The van der Waals surface area contributed by atoms with E-state index in [1.54, 1.807) is 7.11 Å². The number of methoxy groups -OCH3 is 1. The van der Waals surface area contributed by atoms with Crippen molar-refractivity contribution in [1.82, 2.24) is 5.32 Å². The minimum Gasteiger partial charge on any atom is -0.383 e. The van der Waals surface area contributed by atoms with Crippen molar-refractivity contribution in [3.63, 3.8) is 0 Å². The van der Waals surface area contributed by atoms with Crippen LogP contribution in [-0.2, 0) is 4.74 Å². The molecule has 2 nitrogen and oxygen atoms in total. The Balaban J connectivity index is 2.50. The Kier molecular flexibility index (Phi) is 3.53. The van der Waals surface area contributed by atoms with E-state index in [4.69, 9.17) is 4.74 Å². The Hall–Kier alpha value is -0.0800. The number of rotatable bonds is 4. The van der Waals surface area contributed by atoms with Gasteiger partial charge in [0.2, 0.25) is 0 Å². The number of hydrogen-bond donors (Lipinski definition) is 1. The molecule has 0 bridgehead atoms. The average molecular weight is 171 g/mol. The first-order valence-electron chi connectivity index (χ1n) is 4.89. The van der Waals surface area contributed by atoms with Gasteiger partial charge in [-0.1, -0.05) is 19.8 Å². The third-order valence-electron chi connectivity index (χ3n) is 3.27. The Morgan fingerprint density at radius 2 is 2.00 bits per heavy atom. The maximum Gasteiger partial charge on any atom is 0.0621 e. The third-order valence-corrected chi connectivity index (χ3v) is 3.27. The van der Waals surface area contributed by atoms with Crippen LogP contribution in [0.3, 0.4) is 0 Å². The number of nitrogens with one attached hydrogen (secondary N) is 1. The summed E-state index contributed by atoms with van der Waals surface area (Å²) >= 11 is 0. The van der Waals surface area contributed by atoms with Gasteiger partial charge in [0, 0.05) is 13.2 Å². The van der Waals surface area contributed by atoms with Crippen LogP contribution in [0.4, 0.5) is 0 Å². The fourth-order valence-electron chi connectivity index (χ4n) is 2.33. The van der Waals surface area contributed by atoms with Crippen molar-refractivity contribution >= 4 is 0 Å². The van der Waals surface area contributed by atoms with Crippen molar-refractivity contribution in [2.24, 2.45) is 5.41 Å². The van der Waals surface area contributed by atoms with Crippen molar-refractivity contribution in [2.45, 2.75) is 38.6 Å². The number of likely N-dealkylation sites (N-methyl/N-ethyl adjacent to an activating group) is 1. The average Bonchev–Trinajstić information content (AvgIpc) is 2.49. The molecular formula is C10H21NO. The Morgan fingerprint density at radius 1 is 1.42 bits per heavy atom. The maximum absolute atomic E-state index is 5.21. The van der Waals surface area contributed by atoms with Crippen LogP contribution < -0.4 is 5.32 Å². The van der Waals surface area contributed by atoms with E-state index in [2.05, 4.69) is 12.2 Å². The topological polar surface area (TPSA) is 21.3 Å². The molecule has 1 saturated carbocycles. The highest BCUT2D eigenvalue weighted by Gasteiger charge is 2.35. The van der Waals surface area contributed by atoms with Gasteiger partial charge in [-0.15, -0.1) is 0 Å². The van der Waals surface area contributed by atoms with Gasteiger partial charge < -0.3 is 10.1 Å². The second-order valence-corrected chi connectivity index (χ2v) is 4.16. The predicted octanol–water partition coefficient (Wildman–Crippen LogP) is 1.80. The molecule has 0 aromatic rings. The van der Waals surface area contributed by atoms with E-state index in [1.165, 1.54) is 25.7 Å². The van der Waals surface area contributed by atoms with Gasteiger partial charge in [0.1, 0.15) is 0 Å². The molecule has 1 fully saturated rings. The molecule has 0 spiro atoms. The molecule has 1 rings (SSSR count). The Morgan fingerprint density at radius 3 is 2.42 bits per heavy atom. The molecule has 12 heavy (non-hydrogen) atoms. The summed E-state index contributed by atoms with van der Waals surface area (Å²) < 4.78 is 5.21. The lowest BCUT2D eigenvalue weighted by molar-refractivity contribution is 0.103. The predicted molar refractivity (Wildman–Crippen MR) is 51.3 cm³/mol. The highest BCUT2D eigenvalue weighted by atomic mass is 16.5. The van der Waals surface area contributed by atoms with E-state index in [-0.39, 0.29) is 0 Å². The molecule has 1 atom stereocenters. The van der Waals surface area contributed by atoms with Gasteiger partial charge >= 0.3 is 0 Å². The van der Waals surface area contributed by atoms with Gasteiger partial charge in [0.25, 0.3) is 0 Å². The first-order valence-corrected chi connectivity index (χ1v) is 4.89. The van der Waals surface area contributed by atoms with E-state index < -0.39 is 0 Å². The van der Waals surface area contributed by atoms with E-state index in [0.717, 1.165) is 6.61 Å². The SMILES string of the molecule is CNC(COC)C1(C)CCCC1. The fraction of sp³-hybridized carbons (Fsp3) is 1.00. The summed E-state index contributed by atoms with van der Waals surface area (Å²) in [4.78, 5) is 0. The molecular weight excluding hydrogens is 150 g/mol. The lowest BCUT2D eigenvalue weighted by Gasteiger charge is -2.33. The Labute approximate surface area is 75.7 Å². The molecule has 0 radical (unpaired) electrons. The zero-order valence-corrected chi connectivity index (χ0v) is 8.52. The smallest absolute Gasteiger partial charge is 0.0621 e. The minimum absolute atomic E-state index is 0.477. The number of hydrogen-bond acceptors (Lipinski definition) is 2. The quantitative estimate of drug-likeness (QED) is 0.696. The van der Waals surface area contributed by atoms with Gasteiger partial charge in [0.15, 0.2) is 0 Å². The molecule has 0 aromatic heterocycles. The molecule has 72 valence electrons. The van der Waals surface area contributed by atoms with E-state index in [9.17, 15) is 0 Å². The van der Waals surface area contributed by atoms with Crippen molar-refractivity contribution in [3.8, 4) is 0 Å². The molecule has 1 aliphatic rings. The Bertz CT molecular complexity index is 130. The van der Waals surface area contributed by atoms with E-state index in [1.807, 2.05) is 7.05 Å². The summed E-state index contributed by atoms with van der Waals surface area (Å²) in [7, 11) is 3.82. The molecule has 0 aromatic carbocycles. The van der Waals surface area contributed by atoms with Crippen molar-refractivity contribution < 1.29 is 4.74 Å². The first-order chi connectivity index (χ1) is 5.73. The third kappa shape index (κ3) is 1.99. The summed E-state index contributed by atoms with van der Waals surface area (Å²) in [5.74, 6) is 0. The molecule has 2 heteroatoms. The van der Waals surface area contributed by atoms with Crippen LogP contribution in [0, 0.1) is 5.41 Å². The highest BCUT2D eigenvalue weighted by Crippen LogP contribution is 2.40. The van der Waals surface area contributed by atoms with Gasteiger partial charge in [-0.3, -0.25) is 0 Å². The van der Waals surface area contributed by atoms with Crippen molar-refractivity contribution in [2.75, 3.05) is 20.8 Å². The largest absolute Gasteiger partial charge is 0.383 e.